The molecule has 10 heteroatoms. The van der Waals surface area contributed by atoms with Crippen LogP contribution in [0.1, 0.15) is 46.5 Å². The van der Waals surface area contributed by atoms with E-state index >= 15 is 0 Å². The van der Waals surface area contributed by atoms with Crippen LogP contribution in [0.3, 0.4) is 0 Å². The van der Waals surface area contributed by atoms with Crippen LogP contribution in [0.4, 0.5) is 22.0 Å². The lowest BCUT2D eigenvalue weighted by Gasteiger charge is -2.33. The molecular weight excluding hydrogens is 498 g/mol. The minimum absolute atomic E-state index is 0.155. The summed E-state index contributed by atoms with van der Waals surface area (Å²) < 4.78 is 10.7. The van der Waals surface area contributed by atoms with Gasteiger partial charge in [-0.3, -0.25) is 4.79 Å². The molecule has 0 saturated carbocycles. The van der Waals surface area contributed by atoms with Gasteiger partial charge in [0.1, 0.15) is 23.5 Å². The molecule has 0 bridgehead atoms. The van der Waals surface area contributed by atoms with Gasteiger partial charge in [0.2, 0.25) is 5.91 Å². The first kappa shape index (κ1) is 27.8. The van der Waals surface area contributed by atoms with E-state index in [2.05, 4.69) is 20.6 Å². The fourth-order valence-corrected chi connectivity index (χ4v) is 4.30. The number of nitrogens with one attached hydrogen (secondary N) is 2. The standard InChI is InChI=1S/C29H35N5O5/c1-29(2,3)38-28(36)39-34-16-8-7-9-22(34)17-27(35)33-21-14-12-20(13-15-21)32-26-18-24(30-19-31-26)23-10-5-6-11-25(23)37-4/h5-6,10-15,18-19,22H,7-9,16-17H2,1-4H3,(H,33,35)(H,30,31,32). The number of rotatable bonds is 8. The van der Waals surface area contributed by atoms with E-state index in [1.807, 2.05) is 54.6 Å². The molecular formula is C29H35N5O5. The number of aromatic nitrogens is 2. The minimum Gasteiger partial charge on any atom is -0.496 e. The van der Waals surface area contributed by atoms with E-state index in [1.165, 1.54) is 6.33 Å². The van der Waals surface area contributed by atoms with Gasteiger partial charge in [-0.05, 0) is 70.0 Å². The van der Waals surface area contributed by atoms with Gasteiger partial charge in [0.05, 0.1) is 18.8 Å². The molecule has 1 amide bonds. The zero-order valence-electron chi connectivity index (χ0n) is 22.8. The van der Waals surface area contributed by atoms with Crippen molar-refractivity contribution in [2.45, 2.75) is 58.1 Å². The number of carbonyl (C=O) groups is 2. The molecule has 2 aromatic carbocycles. The summed E-state index contributed by atoms with van der Waals surface area (Å²) in [5.41, 5.74) is 2.43. The maximum Gasteiger partial charge on any atom is 0.528 e. The summed E-state index contributed by atoms with van der Waals surface area (Å²) >= 11 is 0. The topological polar surface area (TPSA) is 115 Å². The summed E-state index contributed by atoms with van der Waals surface area (Å²) in [5.74, 6) is 1.21. The van der Waals surface area contributed by atoms with E-state index in [1.54, 1.807) is 32.9 Å². The van der Waals surface area contributed by atoms with E-state index in [-0.39, 0.29) is 18.4 Å². The Hall–Kier alpha value is -4.18. The number of para-hydroxylation sites is 1. The fraction of sp³-hybridized carbons (Fsp3) is 0.379. The second kappa shape index (κ2) is 12.6. The molecule has 1 saturated heterocycles. The van der Waals surface area contributed by atoms with Crippen molar-refractivity contribution in [1.29, 1.82) is 0 Å². The average Bonchev–Trinajstić information content (AvgIpc) is 2.90. The summed E-state index contributed by atoms with van der Waals surface area (Å²) in [5, 5.41) is 7.77. The SMILES string of the molecule is COc1ccccc1-c1cc(Nc2ccc(NC(=O)CC3CCCCN3OC(=O)OC(C)(C)C)cc2)ncn1. The number of hydrogen-bond donors (Lipinski definition) is 2. The van der Waals surface area contributed by atoms with Crippen LogP contribution in [0, 0.1) is 0 Å². The van der Waals surface area contributed by atoms with Gasteiger partial charge in [-0.25, -0.2) is 14.8 Å². The molecule has 0 aliphatic carbocycles. The number of piperidine rings is 1. The smallest absolute Gasteiger partial charge is 0.496 e. The summed E-state index contributed by atoms with van der Waals surface area (Å²) in [4.78, 5) is 39.0. The molecule has 1 aromatic heterocycles. The number of hydroxylamine groups is 2. The first-order chi connectivity index (χ1) is 18.7. The number of carbonyl (C=O) groups excluding carboxylic acids is 2. The Balaban J connectivity index is 1.33. The molecule has 1 atom stereocenters. The van der Waals surface area contributed by atoms with Crippen molar-refractivity contribution in [3.8, 4) is 17.0 Å². The van der Waals surface area contributed by atoms with Crippen molar-refractivity contribution in [3.05, 3.63) is 60.9 Å². The van der Waals surface area contributed by atoms with Crippen LogP contribution in [-0.2, 0) is 14.4 Å². The fourth-order valence-electron chi connectivity index (χ4n) is 4.30. The summed E-state index contributed by atoms with van der Waals surface area (Å²) in [7, 11) is 1.63. The Labute approximate surface area is 228 Å². The molecule has 0 spiro atoms. The van der Waals surface area contributed by atoms with Crippen molar-refractivity contribution in [3.63, 3.8) is 0 Å². The van der Waals surface area contributed by atoms with Gasteiger partial charge < -0.3 is 24.9 Å². The van der Waals surface area contributed by atoms with Crippen molar-refractivity contribution >= 4 is 29.3 Å². The molecule has 10 nitrogen and oxygen atoms in total. The Kier molecular flexibility index (Phi) is 8.98. The predicted octanol–water partition coefficient (Wildman–Crippen LogP) is 5.95. The number of ether oxygens (including phenoxy) is 2. The maximum atomic E-state index is 12.8. The molecule has 2 heterocycles. The van der Waals surface area contributed by atoms with Crippen LogP contribution in [0.2, 0.25) is 0 Å². The largest absolute Gasteiger partial charge is 0.528 e. The lowest BCUT2D eigenvalue weighted by molar-refractivity contribution is -0.178. The Morgan fingerprint density at radius 3 is 2.51 bits per heavy atom. The first-order valence-electron chi connectivity index (χ1n) is 13.0. The minimum atomic E-state index is -0.753. The average molecular weight is 534 g/mol. The Bertz CT molecular complexity index is 1280. The molecule has 3 aromatic rings. The number of benzene rings is 2. The van der Waals surface area contributed by atoms with Crippen LogP contribution in [0.25, 0.3) is 11.3 Å². The van der Waals surface area contributed by atoms with Gasteiger partial charge in [-0.15, -0.1) is 5.06 Å². The van der Waals surface area contributed by atoms with Gasteiger partial charge in [0.25, 0.3) is 0 Å². The zero-order valence-corrected chi connectivity index (χ0v) is 22.8. The van der Waals surface area contributed by atoms with Crippen molar-refractivity contribution in [1.82, 2.24) is 15.0 Å². The van der Waals surface area contributed by atoms with Gasteiger partial charge in [0, 0.05) is 36.0 Å². The van der Waals surface area contributed by atoms with E-state index in [4.69, 9.17) is 14.3 Å². The van der Waals surface area contributed by atoms with Gasteiger partial charge in [-0.1, -0.05) is 18.6 Å². The molecule has 206 valence electrons. The second-order valence-electron chi connectivity index (χ2n) is 10.3. The van der Waals surface area contributed by atoms with Crippen LogP contribution in [0.15, 0.2) is 60.9 Å². The van der Waals surface area contributed by atoms with E-state index in [0.29, 0.717) is 18.1 Å². The molecule has 1 aliphatic rings. The number of hydrogen-bond acceptors (Lipinski definition) is 9. The summed E-state index contributed by atoms with van der Waals surface area (Å²) in [6.07, 6.45) is 3.57. The second-order valence-corrected chi connectivity index (χ2v) is 10.3. The van der Waals surface area contributed by atoms with E-state index in [9.17, 15) is 9.59 Å². The van der Waals surface area contributed by atoms with Crippen molar-refractivity contribution < 1.29 is 23.9 Å². The lowest BCUT2D eigenvalue weighted by atomic mass is 10.0. The number of nitrogens with zero attached hydrogens (tertiary/aromatic N) is 3. The molecule has 2 N–H and O–H groups in total. The molecule has 1 fully saturated rings. The van der Waals surface area contributed by atoms with Gasteiger partial charge in [0.15, 0.2) is 0 Å². The van der Waals surface area contributed by atoms with Crippen molar-refractivity contribution in [2.24, 2.45) is 0 Å². The van der Waals surface area contributed by atoms with E-state index < -0.39 is 11.8 Å². The van der Waals surface area contributed by atoms with Crippen LogP contribution in [0.5, 0.6) is 5.75 Å². The van der Waals surface area contributed by atoms with Gasteiger partial charge >= 0.3 is 6.16 Å². The lowest BCUT2D eigenvalue weighted by Crippen LogP contribution is -2.43. The Morgan fingerprint density at radius 2 is 1.77 bits per heavy atom. The highest BCUT2D eigenvalue weighted by Gasteiger charge is 2.30. The van der Waals surface area contributed by atoms with Crippen LogP contribution in [-0.4, -0.2) is 52.4 Å². The number of amides is 1. The number of anilines is 3. The maximum absolute atomic E-state index is 12.8. The zero-order chi connectivity index (χ0) is 27.8. The molecule has 0 radical (unpaired) electrons. The van der Waals surface area contributed by atoms with Crippen LogP contribution < -0.4 is 15.4 Å². The highest BCUT2D eigenvalue weighted by molar-refractivity contribution is 5.91. The van der Waals surface area contributed by atoms with Crippen LogP contribution >= 0.6 is 0 Å². The molecule has 39 heavy (non-hydrogen) atoms. The van der Waals surface area contributed by atoms with E-state index in [0.717, 1.165) is 42.0 Å². The third-order valence-corrected chi connectivity index (χ3v) is 6.07. The first-order valence-corrected chi connectivity index (χ1v) is 13.0. The quantitative estimate of drug-likeness (QED) is 0.339. The molecule has 1 unspecified atom stereocenters. The molecule has 4 rings (SSSR count). The molecule has 1 aliphatic heterocycles. The van der Waals surface area contributed by atoms with Crippen molar-refractivity contribution in [2.75, 3.05) is 24.3 Å². The monoisotopic (exact) mass is 533 g/mol. The summed E-state index contributed by atoms with van der Waals surface area (Å²) in [6.45, 7) is 5.91. The number of methoxy groups -OCH3 is 1. The highest BCUT2D eigenvalue weighted by atomic mass is 16.8. The van der Waals surface area contributed by atoms with Gasteiger partial charge in [-0.2, -0.15) is 0 Å². The third-order valence-electron chi connectivity index (χ3n) is 6.07. The highest BCUT2D eigenvalue weighted by Crippen LogP contribution is 2.29. The predicted molar refractivity (Wildman–Crippen MR) is 149 cm³/mol. The normalized spacial score (nSPS) is 15.7. The third kappa shape index (κ3) is 8.15. The Morgan fingerprint density at radius 1 is 1.03 bits per heavy atom. The summed E-state index contributed by atoms with van der Waals surface area (Å²) in [6, 6.07) is 16.7.